The van der Waals surface area contributed by atoms with Crippen LogP contribution in [0.5, 0.6) is 0 Å². The monoisotopic (exact) mass is 496 g/mol. The molecule has 0 aliphatic carbocycles. The Hall–Kier alpha value is 0.258. The molecule has 0 spiro atoms. The fourth-order valence-corrected chi connectivity index (χ4v) is 40.6. The summed E-state index contributed by atoms with van der Waals surface area (Å²) in [6, 6.07) is 18.4. The van der Waals surface area contributed by atoms with E-state index in [-0.39, 0.29) is 0 Å². The summed E-state index contributed by atoms with van der Waals surface area (Å²) >= 11 is 1.62. The minimum absolute atomic E-state index is 0.808. The van der Waals surface area contributed by atoms with Crippen LogP contribution < -0.4 is 0 Å². The van der Waals surface area contributed by atoms with Crippen LogP contribution in [0.2, 0.25) is 0 Å². The third kappa shape index (κ3) is 2.12. The van der Waals surface area contributed by atoms with Gasteiger partial charge < -0.3 is 0 Å². The van der Waals surface area contributed by atoms with Gasteiger partial charge in [-0.1, -0.05) is 0 Å². The van der Waals surface area contributed by atoms with Gasteiger partial charge in [0.1, 0.15) is 0 Å². The van der Waals surface area contributed by atoms with Gasteiger partial charge in [-0.05, 0) is 0 Å². The maximum atomic E-state index is 2.48. The van der Waals surface area contributed by atoms with E-state index < -0.39 is 0 Å². The van der Waals surface area contributed by atoms with Gasteiger partial charge in [0, 0.05) is 0 Å². The van der Waals surface area contributed by atoms with Crippen molar-refractivity contribution >= 4 is 76.9 Å². The average Bonchev–Trinajstić information content (AvgIpc) is 2.42. The van der Waals surface area contributed by atoms with Crippen molar-refractivity contribution in [1.82, 2.24) is 0 Å². The van der Waals surface area contributed by atoms with Crippen molar-refractivity contribution in [2.24, 2.45) is 0 Å². The third-order valence-corrected chi connectivity index (χ3v) is 39.5. The van der Waals surface area contributed by atoms with Crippen LogP contribution in [0, 0.1) is 0 Å². The molecule has 0 bridgehead atoms. The number of hydrogen-bond acceptors (Lipinski definition) is 0. The standard InChI is InChI=1S/C14H8Se4/c1-2-4-10-6-12-8-14-13(15-17-18-16-14)7-11(12)5-9(10)3-1/h1-8H. The zero-order valence-corrected chi connectivity index (χ0v) is 16.1. The van der Waals surface area contributed by atoms with Crippen molar-refractivity contribution in [2.45, 2.75) is 0 Å². The van der Waals surface area contributed by atoms with E-state index in [2.05, 4.69) is 48.5 Å². The molecule has 0 saturated heterocycles. The molecule has 1 heterocycles. The van der Waals surface area contributed by atoms with Crippen molar-refractivity contribution in [2.75, 3.05) is 0 Å². The van der Waals surface area contributed by atoms with Crippen molar-refractivity contribution in [3.8, 4) is 0 Å². The van der Waals surface area contributed by atoms with Crippen LogP contribution in [0.15, 0.2) is 48.5 Å². The van der Waals surface area contributed by atoms with Crippen molar-refractivity contribution < 1.29 is 0 Å². The molecule has 4 heteroatoms. The molecule has 0 aliphatic rings. The molecular weight excluding hydrogens is 484 g/mol. The Morgan fingerprint density at radius 3 is 1.56 bits per heavy atom. The van der Waals surface area contributed by atoms with E-state index in [1.54, 1.807) is 8.52 Å². The molecule has 3 aromatic carbocycles. The molecule has 0 atom stereocenters. The third-order valence-electron chi connectivity index (χ3n) is 3.04. The molecule has 0 aliphatic heterocycles. The Labute approximate surface area is 124 Å². The molecule has 0 radical (unpaired) electrons. The summed E-state index contributed by atoms with van der Waals surface area (Å²) in [5.41, 5.74) is 0. The number of benzene rings is 3. The summed E-state index contributed by atoms with van der Waals surface area (Å²) in [6.07, 6.45) is 0. The van der Waals surface area contributed by atoms with E-state index in [4.69, 9.17) is 0 Å². The molecule has 18 heavy (non-hydrogen) atoms. The van der Waals surface area contributed by atoms with Crippen LogP contribution in [0.3, 0.4) is 0 Å². The zero-order chi connectivity index (χ0) is 11.9. The molecule has 0 fully saturated rings. The SMILES string of the molecule is c1ccc2cc3cc4[se][se][se][se]c4cc3cc2c1. The Kier molecular flexibility index (Phi) is 3.33. The molecule has 0 unspecified atom stereocenters. The second-order valence-electron chi connectivity index (χ2n) is 4.15. The van der Waals surface area contributed by atoms with Gasteiger partial charge in [0.2, 0.25) is 0 Å². The van der Waals surface area contributed by atoms with E-state index in [0.717, 1.165) is 46.8 Å². The van der Waals surface area contributed by atoms with Gasteiger partial charge in [-0.25, -0.2) is 0 Å². The van der Waals surface area contributed by atoms with Crippen LogP contribution >= 0.6 is 0 Å². The van der Waals surface area contributed by atoms with Crippen molar-refractivity contribution in [3.05, 3.63) is 48.5 Å². The van der Waals surface area contributed by atoms with Gasteiger partial charge >= 0.3 is 125 Å². The number of rotatable bonds is 0. The summed E-state index contributed by atoms with van der Waals surface area (Å²) in [7, 11) is 1.97. The van der Waals surface area contributed by atoms with Gasteiger partial charge in [-0.2, -0.15) is 0 Å². The second kappa shape index (κ2) is 4.98. The number of hydrogen-bond donors (Lipinski definition) is 0. The first-order valence-electron chi connectivity index (χ1n) is 5.54. The molecular formula is C14H8Se4. The quantitative estimate of drug-likeness (QED) is 0.262. The fraction of sp³-hybridized carbons (Fsp3) is 0. The van der Waals surface area contributed by atoms with Crippen LogP contribution in [-0.2, 0) is 0 Å². The van der Waals surface area contributed by atoms with Crippen LogP contribution in [0.4, 0.5) is 0 Å². The summed E-state index contributed by atoms with van der Waals surface area (Å²) < 4.78 is 3.41. The summed E-state index contributed by atoms with van der Waals surface area (Å²) in [4.78, 5) is 0. The van der Waals surface area contributed by atoms with Crippen molar-refractivity contribution in [1.29, 1.82) is 0 Å². The van der Waals surface area contributed by atoms with Gasteiger partial charge in [-0.3, -0.25) is 0 Å². The Morgan fingerprint density at radius 1 is 0.556 bits per heavy atom. The van der Waals surface area contributed by atoms with Gasteiger partial charge in [-0.15, -0.1) is 0 Å². The Morgan fingerprint density at radius 2 is 1.06 bits per heavy atom. The topological polar surface area (TPSA) is 0 Å². The molecule has 0 N–H and O–H groups in total. The first kappa shape index (κ1) is 12.0. The second-order valence-corrected chi connectivity index (χ2v) is 29.3. The summed E-state index contributed by atoms with van der Waals surface area (Å²) in [5.74, 6) is 0. The molecule has 0 saturated carbocycles. The van der Waals surface area contributed by atoms with E-state index in [1.807, 2.05) is 0 Å². The van der Waals surface area contributed by atoms with Crippen LogP contribution in [0.1, 0.15) is 0 Å². The van der Waals surface area contributed by atoms with Gasteiger partial charge in [0.15, 0.2) is 0 Å². The normalized spacial score (nSPS) is 11.3. The fourth-order valence-electron chi connectivity index (χ4n) is 2.18. The van der Waals surface area contributed by atoms with Crippen molar-refractivity contribution in [3.63, 3.8) is 0 Å². The first-order valence-corrected chi connectivity index (χ1v) is 20.3. The first-order chi connectivity index (χ1) is 8.90. The summed E-state index contributed by atoms with van der Waals surface area (Å²) in [6.45, 7) is 0. The van der Waals surface area contributed by atoms with E-state index >= 15 is 0 Å². The van der Waals surface area contributed by atoms with Crippen LogP contribution in [0.25, 0.3) is 30.1 Å². The Balaban J connectivity index is 2.20. The molecule has 4 aromatic rings. The average molecular weight is 492 g/mol. The minimum atomic E-state index is 0.808. The van der Waals surface area contributed by atoms with Gasteiger partial charge in [0.25, 0.3) is 0 Å². The molecule has 0 nitrogen and oxygen atoms in total. The number of fused-ring (bicyclic) bond motifs is 3. The zero-order valence-electron chi connectivity index (χ0n) is 9.25. The Bertz CT molecular complexity index is 742. The molecule has 4 rings (SSSR count). The molecule has 0 amide bonds. The van der Waals surface area contributed by atoms with Crippen LogP contribution in [-0.4, -0.2) is 46.8 Å². The van der Waals surface area contributed by atoms with E-state index in [1.165, 1.54) is 21.5 Å². The molecule has 88 valence electrons. The van der Waals surface area contributed by atoms with E-state index in [0.29, 0.717) is 0 Å². The predicted octanol–water partition coefficient (Wildman–Crippen LogP) is 2.50. The van der Waals surface area contributed by atoms with E-state index in [9.17, 15) is 0 Å². The molecule has 1 aromatic heterocycles. The van der Waals surface area contributed by atoms with Gasteiger partial charge in [0.05, 0.1) is 0 Å². The maximum absolute atomic E-state index is 2.48. The summed E-state index contributed by atoms with van der Waals surface area (Å²) in [5, 5.41) is 5.62. The predicted molar refractivity (Wildman–Crippen MR) is 84.3 cm³/mol.